The molecular formula is C22H25ClN2O2. The summed E-state index contributed by atoms with van der Waals surface area (Å²) in [5, 5.41) is 25.2. The molecule has 4 nitrogen and oxygen atoms in total. The zero-order chi connectivity index (χ0) is 18.4. The van der Waals surface area contributed by atoms with Gasteiger partial charge in [-0.25, -0.2) is 0 Å². The molecule has 0 amide bonds. The highest BCUT2D eigenvalue weighted by molar-refractivity contribution is 5.85. The molecule has 0 bridgehead atoms. The second kappa shape index (κ2) is 9.86. The minimum atomic E-state index is -0.0331. The molecule has 0 saturated carbocycles. The number of phenols is 2. The summed E-state index contributed by atoms with van der Waals surface area (Å²) in [6.07, 6.45) is 0.910. The van der Waals surface area contributed by atoms with E-state index in [0.717, 1.165) is 35.5 Å². The molecule has 5 heteroatoms. The van der Waals surface area contributed by atoms with Crippen molar-refractivity contribution in [1.82, 2.24) is 5.32 Å². The van der Waals surface area contributed by atoms with E-state index >= 15 is 0 Å². The SMILES string of the molecule is CC1NCCc2cc(O)c(O)cc21.Cl.c1ccc(Nc2ccccc2)cc1. The number of halogens is 1. The summed E-state index contributed by atoms with van der Waals surface area (Å²) in [4.78, 5) is 0. The molecule has 1 atom stereocenters. The van der Waals surface area contributed by atoms with Crippen LogP contribution in [0.5, 0.6) is 11.5 Å². The monoisotopic (exact) mass is 384 g/mol. The fourth-order valence-corrected chi connectivity index (χ4v) is 3.00. The molecule has 4 N–H and O–H groups in total. The fraction of sp³-hybridized carbons (Fsp3) is 0.182. The van der Waals surface area contributed by atoms with Gasteiger partial charge in [0.15, 0.2) is 11.5 Å². The quantitative estimate of drug-likeness (QED) is 0.461. The van der Waals surface area contributed by atoms with Crippen LogP contribution < -0.4 is 10.6 Å². The van der Waals surface area contributed by atoms with Gasteiger partial charge in [-0.05, 0) is 67.4 Å². The Labute approximate surface area is 166 Å². The van der Waals surface area contributed by atoms with Crippen molar-refractivity contribution in [2.75, 3.05) is 11.9 Å². The van der Waals surface area contributed by atoms with Crippen LogP contribution in [0.3, 0.4) is 0 Å². The van der Waals surface area contributed by atoms with Crippen LogP contribution in [0, 0.1) is 0 Å². The van der Waals surface area contributed by atoms with Crippen LogP contribution in [-0.2, 0) is 6.42 Å². The molecule has 0 saturated heterocycles. The van der Waals surface area contributed by atoms with E-state index in [0.29, 0.717) is 0 Å². The number of rotatable bonds is 2. The van der Waals surface area contributed by atoms with E-state index in [1.807, 2.05) is 60.7 Å². The van der Waals surface area contributed by atoms with Gasteiger partial charge in [0, 0.05) is 17.4 Å². The van der Waals surface area contributed by atoms with E-state index < -0.39 is 0 Å². The normalized spacial score (nSPS) is 14.8. The van der Waals surface area contributed by atoms with E-state index in [4.69, 9.17) is 0 Å². The highest BCUT2D eigenvalue weighted by Crippen LogP contribution is 2.33. The van der Waals surface area contributed by atoms with Crippen LogP contribution in [0.2, 0.25) is 0 Å². The number of para-hydroxylation sites is 2. The molecule has 0 spiro atoms. The van der Waals surface area contributed by atoms with Gasteiger partial charge in [0.05, 0.1) is 0 Å². The van der Waals surface area contributed by atoms with Crippen molar-refractivity contribution >= 4 is 23.8 Å². The summed E-state index contributed by atoms with van der Waals surface area (Å²) in [5.41, 5.74) is 4.45. The Morgan fingerprint density at radius 1 is 0.852 bits per heavy atom. The van der Waals surface area contributed by atoms with Crippen LogP contribution in [0.15, 0.2) is 72.8 Å². The predicted molar refractivity (Wildman–Crippen MR) is 113 cm³/mol. The van der Waals surface area contributed by atoms with Gasteiger partial charge in [0.1, 0.15) is 0 Å². The van der Waals surface area contributed by atoms with Gasteiger partial charge >= 0.3 is 0 Å². The van der Waals surface area contributed by atoms with Gasteiger partial charge in [-0.1, -0.05) is 36.4 Å². The zero-order valence-corrected chi connectivity index (χ0v) is 16.0. The topological polar surface area (TPSA) is 64.5 Å². The van der Waals surface area contributed by atoms with E-state index in [9.17, 15) is 10.2 Å². The van der Waals surface area contributed by atoms with Crippen LogP contribution in [-0.4, -0.2) is 16.8 Å². The molecule has 1 aliphatic heterocycles. The second-order valence-corrected chi connectivity index (χ2v) is 6.32. The number of nitrogens with one attached hydrogen (secondary N) is 2. The minimum absolute atomic E-state index is 0. The zero-order valence-electron chi connectivity index (χ0n) is 15.2. The number of phenolic OH excluding ortho intramolecular Hbond substituents is 2. The first-order valence-electron chi connectivity index (χ1n) is 8.79. The summed E-state index contributed by atoms with van der Waals surface area (Å²) >= 11 is 0. The summed E-state index contributed by atoms with van der Waals surface area (Å²) in [6, 6.07) is 23.8. The maximum Gasteiger partial charge on any atom is 0.157 e. The largest absolute Gasteiger partial charge is 0.504 e. The molecule has 4 rings (SSSR count). The average Bonchev–Trinajstić information content (AvgIpc) is 2.66. The average molecular weight is 385 g/mol. The predicted octanol–water partition coefficient (Wildman–Crippen LogP) is 5.16. The summed E-state index contributed by atoms with van der Waals surface area (Å²) in [6.45, 7) is 2.98. The van der Waals surface area contributed by atoms with Gasteiger partial charge < -0.3 is 20.8 Å². The van der Waals surface area contributed by atoms with Crippen LogP contribution >= 0.6 is 12.4 Å². The van der Waals surface area contributed by atoms with E-state index in [-0.39, 0.29) is 29.9 Å². The molecule has 3 aromatic carbocycles. The van der Waals surface area contributed by atoms with Crippen molar-refractivity contribution in [3.8, 4) is 11.5 Å². The standard InChI is InChI=1S/C12H11N.C10H13NO2.ClH/c1-3-7-11(8-4-1)13-12-9-5-2-6-10-12;1-6-8-5-10(13)9(12)4-7(8)2-3-11-6;/h1-10,13H;4-6,11-13H,2-3H2,1H3;1H. The van der Waals surface area contributed by atoms with Gasteiger partial charge in [0.25, 0.3) is 0 Å². The highest BCUT2D eigenvalue weighted by atomic mass is 35.5. The number of anilines is 2. The van der Waals surface area contributed by atoms with Crippen LogP contribution in [0.4, 0.5) is 11.4 Å². The van der Waals surface area contributed by atoms with Crippen LogP contribution in [0.1, 0.15) is 24.1 Å². The third kappa shape index (κ3) is 5.64. The van der Waals surface area contributed by atoms with Crippen molar-refractivity contribution in [3.63, 3.8) is 0 Å². The molecule has 0 fully saturated rings. The molecular weight excluding hydrogens is 360 g/mol. The van der Waals surface area contributed by atoms with Gasteiger partial charge in [-0.2, -0.15) is 0 Å². The van der Waals surface area contributed by atoms with Crippen molar-refractivity contribution in [3.05, 3.63) is 83.9 Å². The third-order valence-electron chi connectivity index (χ3n) is 4.38. The van der Waals surface area contributed by atoms with Crippen molar-refractivity contribution in [2.45, 2.75) is 19.4 Å². The van der Waals surface area contributed by atoms with Gasteiger partial charge in [0.2, 0.25) is 0 Å². The molecule has 1 aliphatic rings. The molecule has 1 unspecified atom stereocenters. The van der Waals surface area contributed by atoms with Crippen LogP contribution in [0.25, 0.3) is 0 Å². The number of hydrogen-bond acceptors (Lipinski definition) is 4. The lowest BCUT2D eigenvalue weighted by Crippen LogP contribution is -2.27. The van der Waals surface area contributed by atoms with E-state index in [2.05, 4.69) is 17.6 Å². The second-order valence-electron chi connectivity index (χ2n) is 6.32. The first-order valence-corrected chi connectivity index (χ1v) is 8.79. The number of benzene rings is 3. The molecule has 142 valence electrons. The number of hydrogen-bond donors (Lipinski definition) is 4. The maximum absolute atomic E-state index is 9.32. The number of aromatic hydroxyl groups is 2. The summed E-state index contributed by atoms with van der Waals surface area (Å²) in [5.74, 6) is -0.0536. The first kappa shape index (κ1) is 20.6. The van der Waals surface area contributed by atoms with E-state index in [1.54, 1.807) is 12.1 Å². The molecule has 1 heterocycles. The number of fused-ring (bicyclic) bond motifs is 1. The molecule has 3 aromatic rings. The Morgan fingerprint density at radius 2 is 1.37 bits per heavy atom. The molecule has 27 heavy (non-hydrogen) atoms. The Hall–Kier alpha value is -2.69. The summed E-state index contributed by atoms with van der Waals surface area (Å²) in [7, 11) is 0. The Bertz CT molecular complexity index is 804. The minimum Gasteiger partial charge on any atom is -0.504 e. The lowest BCUT2D eigenvalue weighted by molar-refractivity contribution is 0.399. The first-order chi connectivity index (χ1) is 12.6. The lowest BCUT2D eigenvalue weighted by Gasteiger charge is -2.24. The Balaban J connectivity index is 0.000000187. The Kier molecular flexibility index (Phi) is 7.53. The smallest absolute Gasteiger partial charge is 0.157 e. The summed E-state index contributed by atoms with van der Waals surface area (Å²) < 4.78 is 0. The maximum atomic E-state index is 9.32. The van der Waals surface area contributed by atoms with Crippen molar-refractivity contribution in [2.24, 2.45) is 0 Å². The van der Waals surface area contributed by atoms with Gasteiger partial charge in [-0.3, -0.25) is 0 Å². The van der Waals surface area contributed by atoms with Gasteiger partial charge in [-0.15, -0.1) is 12.4 Å². The Morgan fingerprint density at radius 3 is 1.93 bits per heavy atom. The fourth-order valence-electron chi connectivity index (χ4n) is 3.00. The van der Waals surface area contributed by atoms with Crippen molar-refractivity contribution < 1.29 is 10.2 Å². The highest BCUT2D eigenvalue weighted by Gasteiger charge is 2.17. The molecule has 0 aliphatic carbocycles. The van der Waals surface area contributed by atoms with E-state index in [1.165, 1.54) is 0 Å². The third-order valence-corrected chi connectivity index (χ3v) is 4.38. The van der Waals surface area contributed by atoms with Crippen molar-refractivity contribution in [1.29, 1.82) is 0 Å². The molecule has 0 aromatic heterocycles. The lowest BCUT2D eigenvalue weighted by atomic mass is 9.95. The molecule has 0 radical (unpaired) electrons.